The number of benzene rings is 7. The minimum Gasteiger partial charge on any atom is -0.310 e. The molecule has 0 unspecified atom stereocenters. The molecule has 0 N–H and O–H groups in total. The molecule has 248 valence electrons. The lowest BCUT2D eigenvalue weighted by Gasteiger charge is -2.41. The van der Waals surface area contributed by atoms with Crippen LogP contribution in [0.25, 0.3) is 56.4 Å². The van der Waals surface area contributed by atoms with Crippen LogP contribution in [0, 0.1) is 0 Å². The number of anilines is 3. The van der Waals surface area contributed by atoms with Crippen molar-refractivity contribution in [1.82, 2.24) is 15.0 Å². The second-order valence-electron chi connectivity index (χ2n) is 13.7. The highest BCUT2D eigenvalue weighted by molar-refractivity contribution is 7.02. The predicted molar refractivity (Wildman–Crippen MR) is 218 cm³/mol. The van der Waals surface area contributed by atoms with Gasteiger partial charge in [-0.05, 0) is 56.9 Å². The second kappa shape index (κ2) is 13.0. The van der Waals surface area contributed by atoms with Crippen LogP contribution in [-0.2, 0) is 0 Å². The number of aromatic nitrogens is 3. The summed E-state index contributed by atoms with van der Waals surface area (Å²) >= 11 is 0. The van der Waals surface area contributed by atoms with Crippen molar-refractivity contribution < 1.29 is 0 Å². The van der Waals surface area contributed by atoms with E-state index in [1.54, 1.807) is 0 Å². The van der Waals surface area contributed by atoms with Gasteiger partial charge in [-0.3, -0.25) is 0 Å². The van der Waals surface area contributed by atoms with E-state index < -0.39 is 8.07 Å². The molecule has 0 atom stereocenters. The van der Waals surface area contributed by atoms with E-state index >= 15 is 0 Å². The molecule has 0 saturated heterocycles. The fourth-order valence-corrected chi connectivity index (χ4v) is 10.5. The third-order valence-corrected chi connectivity index (χ3v) is 13.7. The summed E-state index contributed by atoms with van der Waals surface area (Å²) in [5, 5.41) is 2.81. The predicted octanol–water partition coefficient (Wildman–Crippen LogP) is 10.8. The van der Waals surface area contributed by atoms with Gasteiger partial charge in [0, 0.05) is 28.1 Å². The Balaban J connectivity index is 1.34. The van der Waals surface area contributed by atoms with Crippen LogP contribution >= 0.6 is 0 Å². The number of nitrogens with zero attached hydrogens (tertiary/aromatic N) is 4. The van der Waals surface area contributed by atoms with Gasteiger partial charge >= 0.3 is 0 Å². The van der Waals surface area contributed by atoms with Crippen molar-refractivity contribution in [3.05, 3.63) is 182 Å². The summed E-state index contributed by atoms with van der Waals surface area (Å²) < 4.78 is 0. The molecule has 1 aliphatic rings. The van der Waals surface area contributed by atoms with Crippen molar-refractivity contribution in [2.75, 3.05) is 4.90 Å². The molecule has 1 aliphatic heterocycles. The quantitative estimate of drug-likeness (QED) is 0.164. The summed E-state index contributed by atoms with van der Waals surface area (Å²) in [4.78, 5) is 18.0. The zero-order valence-electron chi connectivity index (χ0n) is 29.1. The summed E-state index contributed by atoms with van der Waals surface area (Å²) in [6.45, 7) is 4.91. The van der Waals surface area contributed by atoms with E-state index in [2.05, 4.69) is 164 Å². The minimum atomic E-state index is -2.00. The van der Waals surface area contributed by atoms with Gasteiger partial charge in [0.1, 0.15) is 8.07 Å². The van der Waals surface area contributed by atoms with E-state index in [0.717, 1.165) is 33.5 Å². The minimum absolute atomic E-state index is 0.624. The largest absolute Gasteiger partial charge is 0.310 e. The maximum Gasteiger partial charge on any atom is 0.166 e. The maximum absolute atomic E-state index is 5.27. The molecule has 8 aromatic rings. The third-order valence-electron chi connectivity index (χ3n) is 10.1. The molecular formula is C47H36N4Si. The molecule has 4 nitrogen and oxygen atoms in total. The molecule has 0 radical (unpaired) electrons. The van der Waals surface area contributed by atoms with E-state index in [1.165, 1.54) is 32.9 Å². The highest BCUT2D eigenvalue weighted by atomic mass is 28.3. The van der Waals surface area contributed by atoms with Crippen LogP contribution in [0.3, 0.4) is 0 Å². The van der Waals surface area contributed by atoms with Crippen LogP contribution in [0.15, 0.2) is 182 Å². The van der Waals surface area contributed by atoms with Crippen LogP contribution < -0.4 is 15.3 Å². The summed E-state index contributed by atoms with van der Waals surface area (Å²) in [5.74, 6) is 1.90. The topological polar surface area (TPSA) is 41.9 Å². The van der Waals surface area contributed by atoms with E-state index in [-0.39, 0.29) is 0 Å². The molecule has 7 aromatic carbocycles. The molecule has 0 amide bonds. The van der Waals surface area contributed by atoms with Crippen molar-refractivity contribution in [3.8, 4) is 56.4 Å². The van der Waals surface area contributed by atoms with Gasteiger partial charge in [-0.2, -0.15) is 0 Å². The lowest BCUT2D eigenvalue weighted by molar-refractivity contribution is 1.07. The van der Waals surface area contributed by atoms with Gasteiger partial charge in [-0.1, -0.05) is 171 Å². The molecule has 1 aromatic heterocycles. The standard InChI is InChI=1S/C47H36N4Si/c1-52(2)43-28-16-14-26-41(43)51(42-27-15-17-29-44(42)52)40-31-30-36(38-25-13-12-24-37(38)33-18-6-3-7-19-33)32-39(40)47-49-45(34-20-8-4-9-21-34)48-46(50-47)35-22-10-5-11-23-35/h3-32H,1-2H3. The maximum atomic E-state index is 5.27. The van der Waals surface area contributed by atoms with Crippen LogP contribution in [-0.4, -0.2) is 23.0 Å². The number of para-hydroxylation sites is 2. The zero-order chi connectivity index (χ0) is 35.1. The zero-order valence-corrected chi connectivity index (χ0v) is 30.1. The molecule has 9 rings (SSSR count). The average Bonchev–Trinajstić information content (AvgIpc) is 3.22. The lowest BCUT2D eigenvalue weighted by Crippen LogP contribution is -2.58. The van der Waals surface area contributed by atoms with Crippen molar-refractivity contribution in [3.63, 3.8) is 0 Å². The number of rotatable bonds is 6. The molecule has 0 aliphatic carbocycles. The normalized spacial score (nSPS) is 12.9. The van der Waals surface area contributed by atoms with Gasteiger partial charge in [0.25, 0.3) is 0 Å². The monoisotopic (exact) mass is 684 g/mol. The van der Waals surface area contributed by atoms with Crippen molar-refractivity contribution in [2.45, 2.75) is 13.1 Å². The van der Waals surface area contributed by atoms with Crippen LogP contribution in [0.2, 0.25) is 13.1 Å². The Morgan fingerprint density at radius 3 is 1.31 bits per heavy atom. The molecule has 0 saturated carbocycles. The van der Waals surface area contributed by atoms with Crippen LogP contribution in [0.5, 0.6) is 0 Å². The first-order valence-electron chi connectivity index (χ1n) is 17.7. The highest BCUT2D eigenvalue weighted by Gasteiger charge is 2.39. The average molecular weight is 685 g/mol. The summed E-state index contributed by atoms with van der Waals surface area (Å²) in [6.07, 6.45) is 0. The second-order valence-corrected chi connectivity index (χ2v) is 18.0. The summed E-state index contributed by atoms with van der Waals surface area (Å²) in [5.41, 5.74) is 10.8. The van der Waals surface area contributed by atoms with Gasteiger partial charge in [0.15, 0.2) is 17.5 Å². The van der Waals surface area contributed by atoms with Crippen molar-refractivity contribution in [1.29, 1.82) is 0 Å². The highest BCUT2D eigenvalue weighted by Crippen LogP contribution is 2.45. The van der Waals surface area contributed by atoms with Crippen LogP contribution in [0.1, 0.15) is 0 Å². The molecular weight excluding hydrogens is 649 g/mol. The fourth-order valence-electron chi connectivity index (χ4n) is 7.54. The Morgan fingerprint density at radius 1 is 0.346 bits per heavy atom. The smallest absolute Gasteiger partial charge is 0.166 e. The number of hydrogen-bond acceptors (Lipinski definition) is 4. The Bertz CT molecular complexity index is 2440. The van der Waals surface area contributed by atoms with Gasteiger partial charge in [0.2, 0.25) is 0 Å². The first kappa shape index (κ1) is 31.5. The molecule has 5 heteroatoms. The van der Waals surface area contributed by atoms with E-state index in [1.807, 2.05) is 36.4 Å². The number of hydrogen-bond donors (Lipinski definition) is 0. The van der Waals surface area contributed by atoms with Gasteiger partial charge < -0.3 is 4.90 Å². The van der Waals surface area contributed by atoms with E-state index in [0.29, 0.717) is 17.5 Å². The summed E-state index contributed by atoms with van der Waals surface area (Å²) in [6, 6.07) is 64.2. The van der Waals surface area contributed by atoms with Gasteiger partial charge in [0.05, 0.1) is 5.69 Å². The molecule has 0 bridgehead atoms. The fraction of sp³-hybridized carbons (Fsp3) is 0.0426. The lowest BCUT2D eigenvalue weighted by atomic mass is 9.93. The first-order valence-corrected chi connectivity index (χ1v) is 20.7. The SMILES string of the molecule is C[Si]1(C)c2ccccc2N(c2ccc(-c3ccccc3-c3ccccc3)cc2-c2nc(-c3ccccc3)nc(-c3ccccc3)n2)c2ccccc21. The third kappa shape index (κ3) is 5.52. The molecule has 52 heavy (non-hydrogen) atoms. The molecule has 0 fully saturated rings. The van der Waals surface area contributed by atoms with Crippen molar-refractivity contribution >= 4 is 35.5 Å². The van der Waals surface area contributed by atoms with Gasteiger partial charge in [-0.25, -0.2) is 15.0 Å². The van der Waals surface area contributed by atoms with Crippen LogP contribution in [0.4, 0.5) is 17.1 Å². The number of fused-ring (bicyclic) bond motifs is 2. The Morgan fingerprint density at radius 2 is 0.769 bits per heavy atom. The van der Waals surface area contributed by atoms with Gasteiger partial charge in [-0.15, -0.1) is 0 Å². The molecule has 2 heterocycles. The van der Waals surface area contributed by atoms with Crippen molar-refractivity contribution in [2.24, 2.45) is 0 Å². The molecule has 0 spiro atoms. The Kier molecular flexibility index (Phi) is 7.90. The summed E-state index contributed by atoms with van der Waals surface area (Å²) in [7, 11) is -2.00. The Hall–Kier alpha value is -6.43. The van der Waals surface area contributed by atoms with E-state index in [4.69, 9.17) is 15.0 Å². The van der Waals surface area contributed by atoms with E-state index in [9.17, 15) is 0 Å². The Labute approximate surface area is 305 Å². The first-order chi connectivity index (χ1) is 25.6.